The van der Waals surface area contributed by atoms with E-state index in [0.717, 1.165) is 38.8 Å². The molecule has 21 heavy (non-hydrogen) atoms. The number of rotatable bonds is 15. The van der Waals surface area contributed by atoms with Crippen LogP contribution in [0, 0.1) is 0 Å². The zero-order valence-corrected chi connectivity index (χ0v) is 13.8. The van der Waals surface area contributed by atoms with Gasteiger partial charge in [0.1, 0.15) is 0 Å². The summed E-state index contributed by atoms with van der Waals surface area (Å²) in [5.41, 5.74) is 4.82. The average molecular weight is 304 g/mol. The summed E-state index contributed by atoms with van der Waals surface area (Å²) in [6, 6.07) is 0. The molecule has 0 saturated carbocycles. The van der Waals surface area contributed by atoms with Gasteiger partial charge in [-0.1, -0.05) is 6.92 Å². The third kappa shape index (κ3) is 10.6. The molecule has 1 atom stereocenters. The fourth-order valence-electron chi connectivity index (χ4n) is 2.00. The van der Waals surface area contributed by atoms with Gasteiger partial charge >= 0.3 is 0 Å². The van der Waals surface area contributed by atoms with Gasteiger partial charge in [-0.05, 0) is 39.2 Å². The van der Waals surface area contributed by atoms with E-state index in [1.165, 1.54) is 0 Å². The molecular formula is C15H32N2O4. The Labute approximate surface area is 128 Å². The van der Waals surface area contributed by atoms with E-state index in [2.05, 4.69) is 5.32 Å². The first-order valence-electron chi connectivity index (χ1n) is 7.76. The van der Waals surface area contributed by atoms with Crippen LogP contribution in [0.4, 0.5) is 0 Å². The van der Waals surface area contributed by atoms with Gasteiger partial charge in [-0.2, -0.15) is 0 Å². The molecule has 0 aromatic rings. The summed E-state index contributed by atoms with van der Waals surface area (Å²) < 4.78 is 15.8. The molecule has 0 radical (unpaired) electrons. The second-order valence-electron chi connectivity index (χ2n) is 5.25. The average Bonchev–Trinajstić information content (AvgIpc) is 2.45. The van der Waals surface area contributed by atoms with Crippen LogP contribution in [0.5, 0.6) is 0 Å². The maximum Gasteiger partial charge on any atom is 0.237 e. The van der Waals surface area contributed by atoms with E-state index in [-0.39, 0.29) is 5.91 Å². The Bertz CT molecular complexity index is 264. The van der Waals surface area contributed by atoms with Gasteiger partial charge in [-0.25, -0.2) is 0 Å². The molecule has 1 amide bonds. The zero-order chi connectivity index (χ0) is 16.0. The summed E-state index contributed by atoms with van der Waals surface area (Å²) in [6.07, 6.45) is 3.46. The van der Waals surface area contributed by atoms with Crippen LogP contribution in [0.3, 0.4) is 0 Å². The topological polar surface area (TPSA) is 82.8 Å². The number of hydrogen-bond acceptors (Lipinski definition) is 5. The molecule has 1 unspecified atom stereocenters. The predicted octanol–water partition coefficient (Wildman–Crippen LogP) is 1.08. The Morgan fingerprint density at radius 1 is 1.05 bits per heavy atom. The highest BCUT2D eigenvalue weighted by Gasteiger charge is 2.28. The van der Waals surface area contributed by atoms with Gasteiger partial charge in [-0.15, -0.1) is 0 Å². The van der Waals surface area contributed by atoms with E-state index in [1.54, 1.807) is 7.11 Å². The molecule has 6 nitrogen and oxygen atoms in total. The van der Waals surface area contributed by atoms with Crippen LogP contribution in [0.25, 0.3) is 0 Å². The van der Waals surface area contributed by atoms with Crippen LogP contribution < -0.4 is 11.1 Å². The number of nitrogens with one attached hydrogen (secondary N) is 1. The number of unbranched alkanes of at least 4 members (excludes halogenated alkanes) is 1. The van der Waals surface area contributed by atoms with Gasteiger partial charge in [0, 0.05) is 26.9 Å². The van der Waals surface area contributed by atoms with Crippen molar-refractivity contribution in [2.24, 2.45) is 5.73 Å². The smallest absolute Gasteiger partial charge is 0.237 e. The maximum atomic E-state index is 11.4. The Balaban J connectivity index is 3.44. The van der Waals surface area contributed by atoms with Gasteiger partial charge in [0.25, 0.3) is 0 Å². The Kier molecular flexibility index (Phi) is 12.6. The van der Waals surface area contributed by atoms with Crippen LogP contribution in [0.1, 0.15) is 39.5 Å². The fourth-order valence-corrected chi connectivity index (χ4v) is 2.00. The number of nitrogens with two attached hydrogens (primary N) is 1. The molecule has 0 bridgehead atoms. The molecule has 0 aromatic heterocycles. The highest BCUT2D eigenvalue weighted by molar-refractivity contribution is 5.84. The molecule has 126 valence electrons. The highest BCUT2D eigenvalue weighted by Crippen LogP contribution is 2.13. The standard InChI is InChI=1S/C15H32N2O4/c1-4-17-15(2,14(16)18)8-5-6-10-20-12-13-21-11-7-9-19-3/h17H,4-13H2,1-3H3,(H2,16,18). The Morgan fingerprint density at radius 2 is 1.67 bits per heavy atom. The zero-order valence-electron chi connectivity index (χ0n) is 13.8. The second-order valence-corrected chi connectivity index (χ2v) is 5.25. The van der Waals surface area contributed by atoms with Crippen LogP contribution in [0.15, 0.2) is 0 Å². The number of ether oxygens (including phenoxy) is 3. The van der Waals surface area contributed by atoms with Gasteiger partial charge in [-0.3, -0.25) is 4.79 Å². The summed E-state index contributed by atoms with van der Waals surface area (Å²) in [7, 11) is 1.68. The molecule has 0 aromatic carbocycles. The number of amides is 1. The predicted molar refractivity (Wildman–Crippen MR) is 83.3 cm³/mol. The van der Waals surface area contributed by atoms with Crippen molar-refractivity contribution in [2.75, 3.05) is 46.7 Å². The Morgan fingerprint density at radius 3 is 2.19 bits per heavy atom. The van der Waals surface area contributed by atoms with Crippen LogP contribution in [0.2, 0.25) is 0 Å². The third-order valence-corrected chi connectivity index (χ3v) is 3.34. The van der Waals surface area contributed by atoms with E-state index in [0.29, 0.717) is 26.4 Å². The number of primary amides is 1. The number of carbonyl (C=O) groups excluding carboxylic acids is 1. The molecule has 0 aliphatic carbocycles. The molecule has 0 aliphatic rings. The van der Waals surface area contributed by atoms with Crippen molar-refractivity contribution < 1.29 is 19.0 Å². The molecule has 0 heterocycles. The number of likely N-dealkylation sites (N-methyl/N-ethyl adjacent to an activating group) is 1. The molecule has 0 spiro atoms. The van der Waals surface area contributed by atoms with Crippen molar-refractivity contribution in [3.8, 4) is 0 Å². The van der Waals surface area contributed by atoms with Crippen LogP contribution in [-0.4, -0.2) is 58.1 Å². The van der Waals surface area contributed by atoms with Crippen molar-refractivity contribution in [3.05, 3.63) is 0 Å². The van der Waals surface area contributed by atoms with Crippen LogP contribution >= 0.6 is 0 Å². The maximum absolute atomic E-state index is 11.4. The highest BCUT2D eigenvalue weighted by atomic mass is 16.5. The minimum atomic E-state index is -0.612. The molecule has 0 saturated heterocycles. The number of hydrogen-bond donors (Lipinski definition) is 2. The molecular weight excluding hydrogens is 272 g/mol. The first-order chi connectivity index (χ1) is 10.1. The monoisotopic (exact) mass is 304 g/mol. The second kappa shape index (κ2) is 13.0. The van der Waals surface area contributed by atoms with Gasteiger partial charge in [0.15, 0.2) is 0 Å². The van der Waals surface area contributed by atoms with E-state index in [1.807, 2.05) is 13.8 Å². The summed E-state index contributed by atoms with van der Waals surface area (Å²) in [5.74, 6) is -0.297. The van der Waals surface area contributed by atoms with Crippen molar-refractivity contribution in [1.82, 2.24) is 5.32 Å². The van der Waals surface area contributed by atoms with Gasteiger partial charge < -0.3 is 25.3 Å². The summed E-state index contributed by atoms with van der Waals surface area (Å²) in [5, 5.41) is 3.15. The third-order valence-electron chi connectivity index (χ3n) is 3.34. The lowest BCUT2D eigenvalue weighted by Crippen LogP contribution is -2.52. The fraction of sp³-hybridized carbons (Fsp3) is 0.933. The van der Waals surface area contributed by atoms with E-state index in [4.69, 9.17) is 19.9 Å². The van der Waals surface area contributed by atoms with Crippen LogP contribution in [-0.2, 0) is 19.0 Å². The summed E-state index contributed by atoms with van der Waals surface area (Å²) >= 11 is 0. The molecule has 3 N–H and O–H groups in total. The SMILES string of the molecule is CCNC(C)(CCCCOCCOCCCOC)C(N)=O. The molecule has 6 heteroatoms. The lowest BCUT2D eigenvalue weighted by molar-refractivity contribution is -0.124. The minimum absolute atomic E-state index is 0.297. The lowest BCUT2D eigenvalue weighted by atomic mass is 9.94. The quantitative estimate of drug-likeness (QED) is 0.442. The molecule has 0 fully saturated rings. The van der Waals surface area contributed by atoms with Gasteiger partial charge in [0.2, 0.25) is 5.91 Å². The number of methoxy groups -OCH3 is 1. The first-order valence-corrected chi connectivity index (χ1v) is 7.76. The van der Waals surface area contributed by atoms with E-state index < -0.39 is 5.54 Å². The van der Waals surface area contributed by atoms with Crippen molar-refractivity contribution in [2.45, 2.75) is 45.1 Å². The largest absolute Gasteiger partial charge is 0.385 e. The van der Waals surface area contributed by atoms with E-state index >= 15 is 0 Å². The Hall–Kier alpha value is -0.690. The number of carbonyl (C=O) groups is 1. The van der Waals surface area contributed by atoms with Crippen molar-refractivity contribution in [1.29, 1.82) is 0 Å². The lowest BCUT2D eigenvalue weighted by Gasteiger charge is -2.26. The van der Waals surface area contributed by atoms with E-state index in [9.17, 15) is 4.79 Å². The summed E-state index contributed by atoms with van der Waals surface area (Å²) in [4.78, 5) is 11.4. The first kappa shape index (κ1) is 20.3. The minimum Gasteiger partial charge on any atom is -0.385 e. The van der Waals surface area contributed by atoms with Crippen molar-refractivity contribution in [3.63, 3.8) is 0 Å². The van der Waals surface area contributed by atoms with Crippen molar-refractivity contribution >= 4 is 5.91 Å². The normalized spacial score (nSPS) is 14.0. The molecule has 0 rings (SSSR count). The van der Waals surface area contributed by atoms with Gasteiger partial charge in [0.05, 0.1) is 18.8 Å². The summed E-state index contributed by atoms with van der Waals surface area (Å²) in [6.45, 7) is 7.89. The molecule has 0 aliphatic heterocycles.